The molecule has 0 aliphatic carbocycles. The highest BCUT2D eigenvalue weighted by Crippen LogP contribution is 2.23. The molecule has 0 bridgehead atoms. The highest BCUT2D eigenvalue weighted by Gasteiger charge is 2.07. The number of pyridine rings is 1. The smallest absolute Gasteiger partial charge is 0.161 e. The van der Waals surface area contributed by atoms with E-state index in [9.17, 15) is 0 Å². The Balaban J connectivity index is 2.07. The number of fused-ring (bicyclic) bond motifs is 1. The van der Waals surface area contributed by atoms with Crippen LogP contribution in [0.1, 0.15) is 12.6 Å². The van der Waals surface area contributed by atoms with Gasteiger partial charge in [-0.1, -0.05) is 6.07 Å². The van der Waals surface area contributed by atoms with E-state index in [0.29, 0.717) is 0 Å². The van der Waals surface area contributed by atoms with Crippen molar-refractivity contribution in [3.8, 4) is 11.4 Å². The number of aryl methyl sites for hydroxylation is 1. The summed E-state index contributed by atoms with van der Waals surface area (Å²) in [6, 6.07) is 10.2. The molecular formula is C16H15IN4. The molecule has 0 atom stereocenters. The lowest BCUT2D eigenvalue weighted by atomic mass is 10.1. The predicted molar refractivity (Wildman–Crippen MR) is 94.4 cm³/mol. The van der Waals surface area contributed by atoms with Crippen molar-refractivity contribution < 1.29 is 0 Å². The molecule has 1 aromatic carbocycles. The Hall–Kier alpha value is -1.76. The first kappa shape index (κ1) is 14.2. The average Bonchev–Trinajstić information content (AvgIpc) is 2.49. The van der Waals surface area contributed by atoms with E-state index in [-0.39, 0.29) is 0 Å². The van der Waals surface area contributed by atoms with E-state index in [4.69, 9.17) is 0 Å². The van der Waals surface area contributed by atoms with Crippen LogP contribution < -0.4 is 5.32 Å². The van der Waals surface area contributed by atoms with Gasteiger partial charge in [0.05, 0.1) is 9.09 Å². The molecule has 0 spiro atoms. The second kappa shape index (κ2) is 5.93. The number of nitrogens with zero attached hydrogens (tertiary/aromatic N) is 3. The minimum absolute atomic E-state index is 0.730. The van der Waals surface area contributed by atoms with Crippen molar-refractivity contribution in [2.45, 2.75) is 13.8 Å². The number of hydrogen-bond donors (Lipinski definition) is 1. The maximum Gasteiger partial charge on any atom is 0.161 e. The molecule has 3 rings (SSSR count). The number of aromatic nitrogens is 3. The van der Waals surface area contributed by atoms with Gasteiger partial charge in [-0.3, -0.25) is 4.98 Å². The zero-order chi connectivity index (χ0) is 14.8. The van der Waals surface area contributed by atoms with E-state index in [2.05, 4.69) is 61.9 Å². The average molecular weight is 390 g/mol. The third kappa shape index (κ3) is 2.97. The number of anilines is 1. The van der Waals surface area contributed by atoms with Gasteiger partial charge in [0.25, 0.3) is 0 Å². The summed E-state index contributed by atoms with van der Waals surface area (Å²) in [6.07, 6.45) is 1.85. The zero-order valence-electron chi connectivity index (χ0n) is 11.9. The SMILES string of the molecule is CCNc1nc(-c2ccc3nc(C)ccc3c2)ncc1I. The highest BCUT2D eigenvalue weighted by atomic mass is 127. The van der Waals surface area contributed by atoms with Crippen molar-refractivity contribution in [3.05, 3.63) is 45.8 Å². The van der Waals surface area contributed by atoms with E-state index < -0.39 is 0 Å². The number of halogens is 1. The largest absolute Gasteiger partial charge is 0.369 e. The molecular weight excluding hydrogens is 375 g/mol. The molecule has 0 saturated carbocycles. The Morgan fingerprint density at radius 2 is 2.00 bits per heavy atom. The Morgan fingerprint density at radius 3 is 2.81 bits per heavy atom. The summed E-state index contributed by atoms with van der Waals surface area (Å²) in [5, 5.41) is 4.36. The molecule has 4 nitrogen and oxygen atoms in total. The first-order chi connectivity index (χ1) is 10.2. The van der Waals surface area contributed by atoms with Crippen molar-refractivity contribution in [1.82, 2.24) is 15.0 Å². The molecule has 3 aromatic rings. The quantitative estimate of drug-likeness (QED) is 0.686. The van der Waals surface area contributed by atoms with E-state index >= 15 is 0 Å². The van der Waals surface area contributed by atoms with Gasteiger partial charge in [-0.05, 0) is 60.7 Å². The monoisotopic (exact) mass is 390 g/mol. The summed E-state index contributed by atoms with van der Waals surface area (Å²) in [5.74, 6) is 1.61. The third-order valence-electron chi connectivity index (χ3n) is 3.17. The van der Waals surface area contributed by atoms with Gasteiger partial charge >= 0.3 is 0 Å². The second-order valence-electron chi connectivity index (χ2n) is 4.78. The lowest BCUT2D eigenvalue weighted by Gasteiger charge is -2.08. The van der Waals surface area contributed by atoms with E-state index in [1.165, 1.54) is 0 Å². The normalized spacial score (nSPS) is 10.8. The summed E-state index contributed by atoms with van der Waals surface area (Å²) in [7, 11) is 0. The fourth-order valence-electron chi connectivity index (χ4n) is 2.16. The number of rotatable bonds is 3. The maximum atomic E-state index is 4.61. The first-order valence-electron chi connectivity index (χ1n) is 6.81. The Kier molecular flexibility index (Phi) is 4.01. The van der Waals surface area contributed by atoms with Crippen molar-refractivity contribution in [1.29, 1.82) is 0 Å². The van der Waals surface area contributed by atoms with Gasteiger partial charge in [0.1, 0.15) is 5.82 Å². The molecule has 0 saturated heterocycles. The lowest BCUT2D eigenvalue weighted by molar-refractivity contribution is 1.10. The van der Waals surface area contributed by atoms with Gasteiger partial charge in [-0.25, -0.2) is 9.97 Å². The molecule has 106 valence electrons. The molecule has 0 amide bonds. The summed E-state index contributed by atoms with van der Waals surface area (Å²) < 4.78 is 1.02. The topological polar surface area (TPSA) is 50.7 Å². The molecule has 0 aliphatic rings. The zero-order valence-corrected chi connectivity index (χ0v) is 14.0. The molecule has 1 N–H and O–H groups in total. The first-order valence-corrected chi connectivity index (χ1v) is 7.89. The van der Waals surface area contributed by atoms with Gasteiger partial charge in [-0.2, -0.15) is 0 Å². The molecule has 0 unspecified atom stereocenters. The van der Waals surface area contributed by atoms with Gasteiger partial charge < -0.3 is 5.32 Å². The molecule has 0 aliphatic heterocycles. The standard InChI is InChI=1S/C16H15IN4/c1-3-18-16-13(17)9-19-15(21-16)12-6-7-14-11(8-12)5-4-10(2)20-14/h4-9H,3H2,1-2H3,(H,18,19,21). The fraction of sp³-hybridized carbons (Fsp3) is 0.188. The van der Waals surface area contributed by atoms with Crippen LogP contribution in [0.2, 0.25) is 0 Å². The van der Waals surface area contributed by atoms with Crippen LogP contribution in [0.4, 0.5) is 5.82 Å². The van der Waals surface area contributed by atoms with Crippen LogP contribution in [0.5, 0.6) is 0 Å². The second-order valence-corrected chi connectivity index (χ2v) is 5.94. The van der Waals surface area contributed by atoms with Crippen LogP contribution in [-0.2, 0) is 0 Å². The predicted octanol–water partition coefficient (Wildman–Crippen LogP) is 4.04. The summed E-state index contributed by atoms with van der Waals surface area (Å²) in [4.78, 5) is 13.6. The fourth-order valence-corrected chi connectivity index (χ4v) is 2.61. The summed E-state index contributed by atoms with van der Waals surface area (Å²) in [5.41, 5.74) is 3.02. The van der Waals surface area contributed by atoms with Gasteiger partial charge in [0, 0.05) is 29.4 Å². The minimum atomic E-state index is 0.730. The minimum Gasteiger partial charge on any atom is -0.369 e. The van der Waals surface area contributed by atoms with E-state index in [1.807, 2.05) is 31.3 Å². The molecule has 2 aromatic heterocycles. The van der Waals surface area contributed by atoms with Crippen LogP contribution in [0.3, 0.4) is 0 Å². The number of hydrogen-bond acceptors (Lipinski definition) is 4. The Labute approximate surface area is 137 Å². The molecule has 0 radical (unpaired) electrons. The molecule has 5 heteroatoms. The van der Waals surface area contributed by atoms with E-state index in [0.717, 1.165) is 43.9 Å². The van der Waals surface area contributed by atoms with Crippen LogP contribution in [0, 0.1) is 10.5 Å². The van der Waals surface area contributed by atoms with E-state index in [1.54, 1.807) is 0 Å². The molecule has 2 heterocycles. The molecule has 0 fully saturated rings. The molecule has 21 heavy (non-hydrogen) atoms. The lowest BCUT2D eigenvalue weighted by Crippen LogP contribution is -2.03. The van der Waals surface area contributed by atoms with Gasteiger partial charge in [0.2, 0.25) is 0 Å². The van der Waals surface area contributed by atoms with Crippen molar-refractivity contribution >= 4 is 39.3 Å². The Morgan fingerprint density at radius 1 is 1.14 bits per heavy atom. The van der Waals surface area contributed by atoms with Crippen LogP contribution in [-0.4, -0.2) is 21.5 Å². The Bertz CT molecular complexity index is 801. The summed E-state index contributed by atoms with van der Waals surface area (Å²) in [6.45, 7) is 4.90. The van der Waals surface area contributed by atoms with Crippen LogP contribution in [0.15, 0.2) is 36.5 Å². The highest BCUT2D eigenvalue weighted by molar-refractivity contribution is 14.1. The van der Waals surface area contributed by atoms with Crippen molar-refractivity contribution in [2.24, 2.45) is 0 Å². The van der Waals surface area contributed by atoms with Crippen molar-refractivity contribution in [3.63, 3.8) is 0 Å². The number of nitrogens with one attached hydrogen (secondary N) is 1. The maximum absolute atomic E-state index is 4.61. The van der Waals surface area contributed by atoms with Gasteiger partial charge in [0.15, 0.2) is 5.82 Å². The summed E-state index contributed by atoms with van der Waals surface area (Å²) >= 11 is 2.24. The third-order valence-corrected chi connectivity index (χ3v) is 3.96. The van der Waals surface area contributed by atoms with Gasteiger partial charge in [-0.15, -0.1) is 0 Å². The number of benzene rings is 1. The van der Waals surface area contributed by atoms with Crippen molar-refractivity contribution in [2.75, 3.05) is 11.9 Å². The van der Waals surface area contributed by atoms with Crippen LogP contribution >= 0.6 is 22.6 Å². The van der Waals surface area contributed by atoms with Crippen LogP contribution in [0.25, 0.3) is 22.3 Å².